The van der Waals surface area contributed by atoms with Gasteiger partial charge in [-0.05, 0) is 26.0 Å². The Morgan fingerprint density at radius 2 is 1.96 bits per heavy atom. The minimum Gasteiger partial charge on any atom is -0.451 e. The summed E-state index contributed by atoms with van der Waals surface area (Å²) in [6, 6.07) is 8.44. The van der Waals surface area contributed by atoms with E-state index >= 15 is 0 Å². The van der Waals surface area contributed by atoms with Crippen molar-refractivity contribution in [3.8, 4) is 0 Å². The van der Waals surface area contributed by atoms with Crippen LogP contribution >= 0.6 is 0 Å². The molecule has 1 aliphatic carbocycles. The molecule has 0 bridgehead atoms. The molecule has 1 saturated carbocycles. The van der Waals surface area contributed by atoms with Gasteiger partial charge in [0.25, 0.3) is 0 Å². The zero-order chi connectivity index (χ0) is 16.7. The number of carbonyl (C=O) groups excluding carboxylic acids is 2. The number of ketones is 1. The van der Waals surface area contributed by atoms with Gasteiger partial charge in [0.1, 0.15) is 11.7 Å². The Labute approximate surface area is 134 Å². The molecule has 6 nitrogen and oxygen atoms in total. The Balaban J connectivity index is 1.75. The number of Topliss-reactive ketones (excluding diaryl/α,β-unsaturated/α-hetero) is 1. The maximum Gasteiger partial charge on any atom is 0.338 e. The second kappa shape index (κ2) is 5.70. The number of hydrogen-bond donors (Lipinski definition) is 1. The van der Waals surface area contributed by atoms with Crippen LogP contribution in [-0.4, -0.2) is 47.1 Å². The van der Waals surface area contributed by atoms with Crippen molar-refractivity contribution in [1.82, 2.24) is 0 Å². The van der Waals surface area contributed by atoms with Gasteiger partial charge in [0, 0.05) is 12.8 Å². The Kier molecular flexibility index (Phi) is 4.00. The van der Waals surface area contributed by atoms with E-state index in [2.05, 4.69) is 0 Å². The summed E-state index contributed by atoms with van der Waals surface area (Å²) in [7, 11) is 0. The molecule has 3 rings (SSSR count). The molecule has 2 fully saturated rings. The molecule has 1 heterocycles. The first-order valence-electron chi connectivity index (χ1n) is 7.62. The fourth-order valence-corrected chi connectivity index (χ4v) is 3.15. The van der Waals surface area contributed by atoms with Gasteiger partial charge in [-0.3, -0.25) is 4.79 Å². The number of benzene rings is 1. The highest BCUT2D eigenvalue weighted by molar-refractivity contribution is 5.94. The lowest BCUT2D eigenvalue weighted by Gasteiger charge is -2.38. The van der Waals surface area contributed by atoms with Crippen LogP contribution in [-0.2, 0) is 19.0 Å². The number of rotatable bonds is 2. The molecule has 2 aliphatic rings. The predicted molar refractivity (Wildman–Crippen MR) is 79.7 cm³/mol. The molecule has 1 aromatic carbocycles. The molecular weight excluding hydrogens is 300 g/mol. The summed E-state index contributed by atoms with van der Waals surface area (Å²) in [4.78, 5) is 24.3. The molecule has 1 aliphatic heterocycles. The number of carbonyl (C=O) groups is 2. The van der Waals surface area contributed by atoms with E-state index in [-0.39, 0.29) is 19.4 Å². The average molecular weight is 320 g/mol. The quantitative estimate of drug-likeness (QED) is 0.831. The summed E-state index contributed by atoms with van der Waals surface area (Å²) in [5.74, 6) is -1.87. The first kappa shape index (κ1) is 16.1. The smallest absolute Gasteiger partial charge is 0.338 e. The number of aliphatic hydroxyl groups is 1. The van der Waals surface area contributed by atoms with Crippen molar-refractivity contribution in [3.05, 3.63) is 35.9 Å². The predicted octanol–water partition coefficient (Wildman–Crippen LogP) is 1.46. The van der Waals surface area contributed by atoms with Crippen LogP contribution in [0.2, 0.25) is 0 Å². The molecule has 6 heteroatoms. The molecule has 3 atom stereocenters. The molecule has 0 aromatic heterocycles. The van der Waals surface area contributed by atoms with Crippen molar-refractivity contribution in [3.63, 3.8) is 0 Å². The van der Waals surface area contributed by atoms with Gasteiger partial charge in [0.2, 0.25) is 5.78 Å². The zero-order valence-corrected chi connectivity index (χ0v) is 13.2. The third-order valence-electron chi connectivity index (χ3n) is 4.17. The number of aliphatic hydroxyl groups excluding tert-OH is 1. The summed E-state index contributed by atoms with van der Waals surface area (Å²) in [5.41, 5.74) is -0.448. The second-order valence-corrected chi connectivity index (χ2v) is 6.56. The van der Waals surface area contributed by atoms with E-state index in [1.807, 2.05) is 0 Å². The summed E-state index contributed by atoms with van der Waals surface area (Å²) >= 11 is 0. The molecule has 1 aromatic rings. The maximum absolute atomic E-state index is 12.2. The van der Waals surface area contributed by atoms with Gasteiger partial charge in [-0.25, -0.2) is 4.79 Å². The van der Waals surface area contributed by atoms with E-state index in [4.69, 9.17) is 14.2 Å². The van der Waals surface area contributed by atoms with Crippen molar-refractivity contribution in [2.45, 2.75) is 50.3 Å². The van der Waals surface area contributed by atoms with E-state index in [1.54, 1.807) is 44.2 Å². The van der Waals surface area contributed by atoms with E-state index in [9.17, 15) is 14.7 Å². The van der Waals surface area contributed by atoms with E-state index in [0.717, 1.165) is 0 Å². The topological polar surface area (TPSA) is 82.1 Å². The Bertz CT molecular complexity index is 611. The van der Waals surface area contributed by atoms with Crippen molar-refractivity contribution < 1.29 is 28.9 Å². The van der Waals surface area contributed by atoms with Crippen LogP contribution in [0.1, 0.15) is 37.0 Å². The third-order valence-corrected chi connectivity index (χ3v) is 4.17. The Morgan fingerprint density at radius 1 is 1.26 bits per heavy atom. The highest BCUT2D eigenvalue weighted by Gasteiger charge is 2.54. The van der Waals surface area contributed by atoms with Crippen LogP contribution in [0, 0.1) is 0 Å². The van der Waals surface area contributed by atoms with Crippen LogP contribution in [0.5, 0.6) is 0 Å². The van der Waals surface area contributed by atoms with Crippen molar-refractivity contribution in [2.75, 3.05) is 6.61 Å². The minimum absolute atomic E-state index is 0.147. The molecule has 1 saturated heterocycles. The fourth-order valence-electron chi connectivity index (χ4n) is 3.15. The van der Waals surface area contributed by atoms with Crippen LogP contribution in [0.25, 0.3) is 0 Å². The highest BCUT2D eigenvalue weighted by atomic mass is 16.8. The lowest BCUT2D eigenvalue weighted by atomic mass is 9.81. The Hall–Kier alpha value is -1.76. The molecule has 0 radical (unpaired) electrons. The van der Waals surface area contributed by atoms with Crippen LogP contribution in [0.3, 0.4) is 0 Å². The molecule has 0 amide bonds. The maximum atomic E-state index is 12.2. The number of hydrogen-bond acceptors (Lipinski definition) is 6. The van der Waals surface area contributed by atoms with E-state index in [0.29, 0.717) is 5.56 Å². The van der Waals surface area contributed by atoms with E-state index < -0.39 is 35.3 Å². The average Bonchev–Trinajstić information content (AvgIpc) is 2.80. The van der Waals surface area contributed by atoms with Gasteiger partial charge in [0.05, 0.1) is 12.2 Å². The zero-order valence-electron chi connectivity index (χ0n) is 13.2. The molecule has 124 valence electrons. The normalized spacial score (nSPS) is 32.9. The first-order chi connectivity index (χ1) is 10.8. The lowest BCUT2D eigenvalue weighted by molar-refractivity contribution is -0.186. The van der Waals surface area contributed by atoms with Crippen LogP contribution in [0.15, 0.2) is 30.3 Å². The standard InChI is InChI=1S/C17H20O6/c1-16(2)21-10-17(23-16)8-12(18)14(19)13(9-17)22-15(20)11-6-4-3-5-7-11/h3-7,12-13,18H,8-10H2,1-2H3/t12-,13-,17+/m1/s1. The SMILES string of the molecule is CC1(C)OC[C@@]2(C[C@@H](O)C(=O)[C@H](OC(=O)c3ccccc3)C2)O1. The second-order valence-electron chi connectivity index (χ2n) is 6.56. The largest absolute Gasteiger partial charge is 0.451 e. The van der Waals surface area contributed by atoms with Gasteiger partial charge >= 0.3 is 5.97 Å². The number of ether oxygens (including phenoxy) is 3. The summed E-state index contributed by atoms with van der Waals surface area (Å²) in [5, 5.41) is 10.1. The number of esters is 1. The molecule has 23 heavy (non-hydrogen) atoms. The van der Waals surface area contributed by atoms with Gasteiger partial charge in [0.15, 0.2) is 11.9 Å². The van der Waals surface area contributed by atoms with Gasteiger partial charge in [-0.1, -0.05) is 18.2 Å². The monoisotopic (exact) mass is 320 g/mol. The van der Waals surface area contributed by atoms with Crippen molar-refractivity contribution >= 4 is 11.8 Å². The summed E-state index contributed by atoms with van der Waals surface area (Å²) < 4.78 is 16.8. The molecular formula is C17H20O6. The van der Waals surface area contributed by atoms with Crippen molar-refractivity contribution in [1.29, 1.82) is 0 Å². The summed E-state index contributed by atoms with van der Waals surface area (Å²) in [6.45, 7) is 3.80. The molecule has 0 unspecified atom stereocenters. The van der Waals surface area contributed by atoms with E-state index in [1.165, 1.54) is 0 Å². The van der Waals surface area contributed by atoms with Gasteiger partial charge in [-0.2, -0.15) is 0 Å². The molecule has 1 N–H and O–H groups in total. The third kappa shape index (κ3) is 3.29. The minimum atomic E-state index is -1.23. The van der Waals surface area contributed by atoms with Crippen LogP contribution in [0.4, 0.5) is 0 Å². The first-order valence-corrected chi connectivity index (χ1v) is 7.62. The van der Waals surface area contributed by atoms with Gasteiger partial charge in [-0.15, -0.1) is 0 Å². The summed E-state index contributed by atoms with van der Waals surface area (Å²) in [6.07, 6.45) is -1.93. The lowest BCUT2D eigenvalue weighted by Crippen LogP contribution is -2.53. The fraction of sp³-hybridized carbons (Fsp3) is 0.529. The Morgan fingerprint density at radius 3 is 2.57 bits per heavy atom. The molecule has 1 spiro atoms. The van der Waals surface area contributed by atoms with Crippen LogP contribution < -0.4 is 0 Å². The highest BCUT2D eigenvalue weighted by Crippen LogP contribution is 2.41. The van der Waals surface area contributed by atoms with Gasteiger partial charge < -0.3 is 19.3 Å². The van der Waals surface area contributed by atoms with Crippen molar-refractivity contribution in [2.24, 2.45) is 0 Å².